The van der Waals surface area contributed by atoms with Gasteiger partial charge in [0.1, 0.15) is 29.8 Å². The number of benzene rings is 2. The molecule has 2 heterocycles. The minimum absolute atomic E-state index is 0.00174. The highest BCUT2D eigenvalue weighted by atomic mass is 35.5. The average molecular weight is 512 g/mol. The number of rotatable bonds is 8. The Bertz CT molecular complexity index is 1260. The molecule has 0 bridgehead atoms. The smallest absolute Gasteiger partial charge is 0.247 e. The standard InChI is InChI=1S/C27H31ClFN5O2/c1-5-17-11-19(12-18(6-2)34(17)4)36-25-14-23-20(13-24(25)33-26(35)7-3)27(31-15-30-23)32-16-8-9-22(29)21(28)10-16/h7-10,13-15,17-19H,3,5-6,11-12H2,1-2,4H3,(H,33,35)(H,30,31,32). The normalized spacial score (nSPS) is 20.2. The van der Waals surface area contributed by atoms with Gasteiger partial charge in [-0.25, -0.2) is 14.4 Å². The van der Waals surface area contributed by atoms with E-state index in [4.69, 9.17) is 16.3 Å². The summed E-state index contributed by atoms with van der Waals surface area (Å²) >= 11 is 5.94. The third kappa shape index (κ3) is 5.60. The Morgan fingerprint density at radius 2 is 1.94 bits per heavy atom. The summed E-state index contributed by atoms with van der Waals surface area (Å²) in [5.41, 5.74) is 1.71. The van der Waals surface area contributed by atoms with E-state index in [1.54, 1.807) is 12.1 Å². The largest absolute Gasteiger partial charge is 0.488 e. The van der Waals surface area contributed by atoms with Gasteiger partial charge in [-0.1, -0.05) is 32.0 Å². The first-order valence-electron chi connectivity index (χ1n) is 12.2. The Labute approximate surface area is 215 Å². The molecule has 0 aliphatic carbocycles. The Morgan fingerprint density at radius 3 is 2.58 bits per heavy atom. The highest BCUT2D eigenvalue weighted by molar-refractivity contribution is 6.31. The van der Waals surface area contributed by atoms with Gasteiger partial charge < -0.3 is 20.3 Å². The number of carbonyl (C=O) groups is 1. The minimum atomic E-state index is -0.504. The molecule has 0 spiro atoms. The van der Waals surface area contributed by atoms with Crippen LogP contribution in [0, 0.1) is 5.82 Å². The van der Waals surface area contributed by atoms with Crippen LogP contribution in [-0.2, 0) is 4.79 Å². The lowest BCUT2D eigenvalue weighted by atomic mass is 9.91. The van der Waals surface area contributed by atoms with Crippen LogP contribution < -0.4 is 15.4 Å². The van der Waals surface area contributed by atoms with Crippen molar-refractivity contribution < 1.29 is 13.9 Å². The third-order valence-electron chi connectivity index (χ3n) is 6.82. The van der Waals surface area contributed by atoms with Gasteiger partial charge in [0.15, 0.2) is 0 Å². The van der Waals surface area contributed by atoms with Crippen LogP contribution in [0.1, 0.15) is 39.5 Å². The van der Waals surface area contributed by atoms with Crippen LogP contribution >= 0.6 is 11.6 Å². The van der Waals surface area contributed by atoms with Crippen molar-refractivity contribution in [2.24, 2.45) is 0 Å². The minimum Gasteiger partial charge on any atom is -0.488 e. The van der Waals surface area contributed by atoms with E-state index in [9.17, 15) is 9.18 Å². The SMILES string of the molecule is C=CC(=O)Nc1cc2c(Nc3ccc(F)c(Cl)c3)ncnc2cc1OC1CC(CC)N(C)C(CC)C1. The van der Waals surface area contributed by atoms with Crippen LogP contribution in [0.5, 0.6) is 5.75 Å². The molecule has 1 fully saturated rings. The predicted octanol–water partition coefficient (Wildman–Crippen LogP) is 6.32. The molecule has 1 aromatic heterocycles. The lowest BCUT2D eigenvalue weighted by Crippen LogP contribution is -2.49. The van der Waals surface area contributed by atoms with Gasteiger partial charge in [0.25, 0.3) is 0 Å². The molecule has 1 amide bonds. The first-order valence-corrected chi connectivity index (χ1v) is 12.5. The van der Waals surface area contributed by atoms with Crippen LogP contribution in [0.4, 0.5) is 21.6 Å². The zero-order valence-corrected chi connectivity index (χ0v) is 21.5. The van der Waals surface area contributed by atoms with E-state index in [2.05, 4.69) is 53.0 Å². The van der Waals surface area contributed by atoms with E-state index in [1.807, 2.05) is 6.07 Å². The van der Waals surface area contributed by atoms with Gasteiger partial charge in [0.2, 0.25) is 5.91 Å². The van der Waals surface area contributed by atoms with Crippen molar-refractivity contribution >= 4 is 45.6 Å². The molecule has 0 radical (unpaired) electrons. The van der Waals surface area contributed by atoms with E-state index in [1.165, 1.54) is 24.5 Å². The zero-order chi connectivity index (χ0) is 25.8. The third-order valence-corrected chi connectivity index (χ3v) is 7.11. The number of hydrogen-bond acceptors (Lipinski definition) is 6. The van der Waals surface area contributed by atoms with Crippen molar-refractivity contribution in [3.05, 3.63) is 60.2 Å². The fourth-order valence-electron chi connectivity index (χ4n) is 4.79. The topological polar surface area (TPSA) is 79.4 Å². The number of halogens is 2. The fraction of sp³-hybridized carbons (Fsp3) is 0.370. The number of carbonyl (C=O) groups excluding carboxylic acids is 1. The summed E-state index contributed by atoms with van der Waals surface area (Å²) in [5.74, 6) is 0.179. The van der Waals surface area contributed by atoms with Crippen molar-refractivity contribution in [3.8, 4) is 5.75 Å². The second kappa shape index (κ2) is 11.2. The van der Waals surface area contributed by atoms with Crippen LogP contribution in [0.2, 0.25) is 5.02 Å². The molecule has 2 N–H and O–H groups in total. The van der Waals surface area contributed by atoms with Crippen LogP contribution in [0.15, 0.2) is 49.3 Å². The molecule has 190 valence electrons. The molecule has 7 nitrogen and oxygen atoms in total. The first kappa shape index (κ1) is 25.9. The van der Waals surface area contributed by atoms with Gasteiger partial charge in [-0.15, -0.1) is 0 Å². The Hall–Kier alpha value is -3.23. The summed E-state index contributed by atoms with van der Waals surface area (Å²) in [6.45, 7) is 7.96. The van der Waals surface area contributed by atoms with Gasteiger partial charge in [-0.3, -0.25) is 4.79 Å². The van der Waals surface area contributed by atoms with E-state index >= 15 is 0 Å². The summed E-state index contributed by atoms with van der Waals surface area (Å²) in [7, 11) is 2.18. The molecule has 9 heteroatoms. The van der Waals surface area contributed by atoms with Crippen molar-refractivity contribution in [1.82, 2.24) is 14.9 Å². The van der Waals surface area contributed by atoms with Crippen molar-refractivity contribution in [2.75, 3.05) is 17.7 Å². The maximum atomic E-state index is 13.6. The maximum absolute atomic E-state index is 13.6. The molecule has 1 aliphatic rings. The number of likely N-dealkylation sites (tertiary alicyclic amines) is 1. The Morgan fingerprint density at radius 1 is 1.22 bits per heavy atom. The van der Waals surface area contributed by atoms with Gasteiger partial charge in [0, 0.05) is 29.2 Å². The lowest BCUT2D eigenvalue weighted by molar-refractivity contribution is -0.111. The number of aromatic nitrogens is 2. The molecule has 2 aromatic carbocycles. The molecular formula is C27H31ClFN5O2. The summed E-state index contributed by atoms with van der Waals surface area (Å²) in [6, 6.07) is 8.80. The zero-order valence-electron chi connectivity index (χ0n) is 20.7. The maximum Gasteiger partial charge on any atom is 0.247 e. The van der Waals surface area contributed by atoms with Gasteiger partial charge in [0.05, 0.1) is 16.2 Å². The van der Waals surface area contributed by atoms with Crippen molar-refractivity contribution in [1.29, 1.82) is 0 Å². The predicted molar refractivity (Wildman–Crippen MR) is 143 cm³/mol. The molecule has 2 unspecified atom stereocenters. The second-order valence-corrected chi connectivity index (χ2v) is 9.44. The number of nitrogens with zero attached hydrogens (tertiary/aromatic N) is 3. The molecule has 4 rings (SSSR count). The van der Waals surface area contributed by atoms with Gasteiger partial charge in [-0.05, 0) is 63.1 Å². The number of piperidine rings is 1. The Balaban J connectivity index is 1.70. The molecule has 1 aliphatic heterocycles. The molecule has 36 heavy (non-hydrogen) atoms. The van der Waals surface area contributed by atoms with E-state index in [0.717, 1.165) is 25.7 Å². The van der Waals surface area contributed by atoms with Crippen molar-refractivity contribution in [2.45, 2.75) is 57.7 Å². The van der Waals surface area contributed by atoms with Gasteiger partial charge in [-0.2, -0.15) is 0 Å². The van der Waals surface area contributed by atoms with Crippen LogP contribution in [-0.4, -0.2) is 46.0 Å². The number of hydrogen-bond donors (Lipinski definition) is 2. The molecule has 2 atom stereocenters. The highest BCUT2D eigenvalue weighted by Gasteiger charge is 2.33. The lowest BCUT2D eigenvalue weighted by Gasteiger charge is -2.42. The molecule has 1 saturated heterocycles. The second-order valence-electron chi connectivity index (χ2n) is 9.04. The molecule has 3 aromatic rings. The fourth-order valence-corrected chi connectivity index (χ4v) is 4.97. The van der Waals surface area contributed by atoms with Crippen LogP contribution in [0.3, 0.4) is 0 Å². The number of nitrogens with one attached hydrogen (secondary N) is 2. The van der Waals surface area contributed by atoms with Crippen LogP contribution in [0.25, 0.3) is 10.9 Å². The van der Waals surface area contributed by atoms with Crippen molar-refractivity contribution in [3.63, 3.8) is 0 Å². The number of fused-ring (bicyclic) bond motifs is 1. The summed E-state index contributed by atoms with van der Waals surface area (Å²) in [4.78, 5) is 23.5. The average Bonchev–Trinajstić information content (AvgIpc) is 2.87. The first-order chi connectivity index (χ1) is 17.3. The number of anilines is 3. The number of ether oxygens (including phenoxy) is 1. The van der Waals surface area contributed by atoms with E-state index in [-0.39, 0.29) is 17.0 Å². The highest BCUT2D eigenvalue weighted by Crippen LogP contribution is 2.37. The summed E-state index contributed by atoms with van der Waals surface area (Å²) < 4.78 is 20.1. The molecule has 0 saturated carbocycles. The summed E-state index contributed by atoms with van der Waals surface area (Å²) in [6.07, 6.45) is 6.55. The number of amides is 1. The monoisotopic (exact) mass is 511 g/mol. The van der Waals surface area contributed by atoms with Gasteiger partial charge >= 0.3 is 0 Å². The van der Waals surface area contributed by atoms with E-state index < -0.39 is 5.82 Å². The summed E-state index contributed by atoms with van der Waals surface area (Å²) in [5, 5.41) is 6.68. The van der Waals surface area contributed by atoms with E-state index in [0.29, 0.717) is 45.9 Å². The quantitative estimate of drug-likeness (QED) is 0.344. The molecular weight excluding hydrogens is 481 g/mol. The Kier molecular flexibility index (Phi) is 8.06.